The zero-order chi connectivity index (χ0) is 16.3. The SMILES string of the molecule is CCCCCCCCCCCCCCCCCCC[12C]([NH])=O. The first-order valence-electron chi connectivity index (χ1n) is 10.0. The molecule has 0 aromatic heterocycles. The van der Waals surface area contributed by atoms with E-state index in [1.54, 1.807) is 0 Å². The first-order chi connectivity index (χ1) is 10.8. The van der Waals surface area contributed by atoms with Gasteiger partial charge in [0.15, 0.2) is 0 Å². The molecule has 0 rings (SSSR count). The summed E-state index contributed by atoms with van der Waals surface area (Å²) in [5, 5.41) is 0. The summed E-state index contributed by atoms with van der Waals surface area (Å²) >= 11 is 0. The number of amides is 1. The Hall–Kier alpha value is -0.530. The topological polar surface area (TPSA) is 40.9 Å². The van der Waals surface area contributed by atoms with Gasteiger partial charge in [0.1, 0.15) is 0 Å². The highest BCUT2D eigenvalue weighted by molar-refractivity contribution is 5.72. The molecule has 1 amide bonds. The summed E-state index contributed by atoms with van der Waals surface area (Å²) < 4.78 is 0. The van der Waals surface area contributed by atoms with Crippen LogP contribution in [0.2, 0.25) is 0 Å². The monoisotopic (exact) mass is 310 g/mol. The van der Waals surface area contributed by atoms with Crippen LogP contribution in [-0.2, 0) is 4.79 Å². The molecule has 0 aromatic carbocycles. The van der Waals surface area contributed by atoms with E-state index >= 15 is 0 Å². The lowest BCUT2D eigenvalue weighted by Crippen LogP contribution is -1.96. The van der Waals surface area contributed by atoms with E-state index in [2.05, 4.69) is 6.92 Å². The molecule has 2 nitrogen and oxygen atoms in total. The molecule has 1 radical (unpaired) electrons. The summed E-state index contributed by atoms with van der Waals surface area (Å²) in [6.45, 7) is 2.28. The first kappa shape index (κ1) is 21.5. The van der Waals surface area contributed by atoms with Gasteiger partial charge in [0, 0.05) is 6.42 Å². The standard InChI is InChI=1S/C20H40NO/c1-2-3-4-5-6-7-8-9-10-11-12-13-14-15-16-17-18-19-20(21)22/h21H,2-19H2,1H3/i20+0. The van der Waals surface area contributed by atoms with E-state index in [-0.39, 0.29) is 0 Å². The van der Waals surface area contributed by atoms with E-state index in [1.807, 2.05) is 0 Å². The molecule has 0 aromatic rings. The first-order valence-corrected chi connectivity index (χ1v) is 10.0. The van der Waals surface area contributed by atoms with Crippen LogP contribution >= 0.6 is 0 Å². The van der Waals surface area contributed by atoms with Gasteiger partial charge >= 0.3 is 0 Å². The molecule has 1 N–H and O–H groups in total. The molecule has 0 fully saturated rings. The van der Waals surface area contributed by atoms with Crippen LogP contribution in [-0.4, -0.2) is 5.91 Å². The maximum Gasteiger partial charge on any atom is 0.238 e. The third kappa shape index (κ3) is 19.5. The van der Waals surface area contributed by atoms with Gasteiger partial charge in [-0.25, -0.2) is 0 Å². The summed E-state index contributed by atoms with van der Waals surface area (Å²) in [5.74, 6) is -0.402. The van der Waals surface area contributed by atoms with Crippen LogP contribution in [0.1, 0.15) is 122 Å². The number of rotatable bonds is 18. The van der Waals surface area contributed by atoms with Crippen molar-refractivity contribution >= 4 is 5.91 Å². The van der Waals surface area contributed by atoms with Crippen molar-refractivity contribution in [2.75, 3.05) is 0 Å². The van der Waals surface area contributed by atoms with Crippen LogP contribution in [0.25, 0.3) is 0 Å². The Bertz CT molecular complexity index is 228. The molecule has 22 heavy (non-hydrogen) atoms. The fourth-order valence-electron chi connectivity index (χ4n) is 3.01. The molecule has 0 bridgehead atoms. The van der Waals surface area contributed by atoms with Crippen LogP contribution in [0, 0.1) is 0 Å². The number of unbranched alkanes of at least 4 members (excludes halogenated alkanes) is 16. The molecule has 0 spiro atoms. The minimum absolute atomic E-state index is 0.402. The molecule has 0 aliphatic rings. The molecule has 131 valence electrons. The van der Waals surface area contributed by atoms with Crippen molar-refractivity contribution < 1.29 is 4.79 Å². The Morgan fingerprint density at radius 1 is 0.545 bits per heavy atom. The fourth-order valence-corrected chi connectivity index (χ4v) is 3.01. The zero-order valence-corrected chi connectivity index (χ0v) is 15.1. The Balaban J connectivity index is 2.95. The van der Waals surface area contributed by atoms with Gasteiger partial charge in [-0.05, 0) is 6.42 Å². The van der Waals surface area contributed by atoms with Crippen molar-refractivity contribution in [2.45, 2.75) is 122 Å². The molecule has 0 heterocycles. The van der Waals surface area contributed by atoms with E-state index in [1.165, 1.54) is 96.3 Å². The maximum atomic E-state index is 10.5. The summed E-state index contributed by atoms with van der Waals surface area (Å²) in [6.07, 6.45) is 23.5. The number of carbonyl (C=O) groups is 1. The van der Waals surface area contributed by atoms with Crippen molar-refractivity contribution in [3.05, 3.63) is 0 Å². The van der Waals surface area contributed by atoms with Gasteiger partial charge in [-0.15, -0.1) is 0 Å². The predicted octanol–water partition coefficient (Wildman–Crippen LogP) is 6.84. The van der Waals surface area contributed by atoms with Crippen molar-refractivity contribution in [1.29, 1.82) is 0 Å². The molecular weight excluding hydrogens is 270 g/mol. The van der Waals surface area contributed by atoms with Crippen molar-refractivity contribution in [2.24, 2.45) is 0 Å². The van der Waals surface area contributed by atoms with E-state index in [4.69, 9.17) is 5.73 Å². The van der Waals surface area contributed by atoms with Gasteiger partial charge < -0.3 is 0 Å². The number of hydrogen-bond donors (Lipinski definition) is 0. The lowest BCUT2D eigenvalue weighted by molar-refractivity contribution is -0.118. The summed E-state index contributed by atoms with van der Waals surface area (Å²) in [5.41, 5.74) is 6.83. The molecule has 0 saturated carbocycles. The van der Waals surface area contributed by atoms with E-state index < -0.39 is 5.91 Å². The summed E-state index contributed by atoms with van der Waals surface area (Å²) in [4.78, 5) is 10.5. The Morgan fingerprint density at radius 3 is 1.09 bits per heavy atom. The molecular formula is C20H40NO. The van der Waals surface area contributed by atoms with Crippen molar-refractivity contribution in [3.63, 3.8) is 0 Å². The van der Waals surface area contributed by atoms with Crippen LogP contribution in [0.3, 0.4) is 0 Å². The molecule has 0 aliphatic carbocycles. The second-order valence-corrected chi connectivity index (χ2v) is 6.83. The van der Waals surface area contributed by atoms with E-state index in [0.29, 0.717) is 6.42 Å². The second-order valence-electron chi connectivity index (χ2n) is 6.83. The largest absolute Gasteiger partial charge is 0.273 e. The zero-order valence-electron chi connectivity index (χ0n) is 15.1. The highest BCUT2D eigenvalue weighted by Gasteiger charge is 1.96. The average Bonchev–Trinajstić information content (AvgIpc) is 2.50. The Kier molecular flexibility index (Phi) is 18.1. The highest BCUT2D eigenvalue weighted by atomic mass is 16.1. The third-order valence-electron chi connectivity index (χ3n) is 4.51. The smallest absolute Gasteiger partial charge is 0.238 e. The number of hydrogen-bond acceptors (Lipinski definition) is 1. The Morgan fingerprint density at radius 2 is 0.818 bits per heavy atom. The quantitative estimate of drug-likeness (QED) is 0.255. The molecule has 0 atom stereocenters. The average molecular weight is 311 g/mol. The van der Waals surface area contributed by atoms with Gasteiger partial charge in [0.05, 0.1) is 0 Å². The van der Waals surface area contributed by atoms with E-state index in [0.717, 1.165) is 12.8 Å². The highest BCUT2D eigenvalue weighted by Crippen LogP contribution is 2.14. The molecule has 0 aliphatic heterocycles. The van der Waals surface area contributed by atoms with Crippen LogP contribution in [0.15, 0.2) is 0 Å². The van der Waals surface area contributed by atoms with Crippen molar-refractivity contribution in [1.82, 2.24) is 5.73 Å². The number of nitrogens with one attached hydrogen (secondary N) is 1. The van der Waals surface area contributed by atoms with Crippen molar-refractivity contribution in [3.8, 4) is 0 Å². The fraction of sp³-hybridized carbons (Fsp3) is 0.950. The predicted molar refractivity (Wildman–Crippen MR) is 96.9 cm³/mol. The molecule has 0 saturated heterocycles. The third-order valence-corrected chi connectivity index (χ3v) is 4.51. The normalized spacial score (nSPS) is 11.0. The maximum absolute atomic E-state index is 10.5. The van der Waals surface area contributed by atoms with Gasteiger partial charge in [-0.2, -0.15) is 0 Å². The lowest BCUT2D eigenvalue weighted by Gasteiger charge is -2.03. The van der Waals surface area contributed by atoms with E-state index in [9.17, 15) is 4.79 Å². The van der Waals surface area contributed by atoms with Gasteiger partial charge in [0.2, 0.25) is 5.91 Å². The van der Waals surface area contributed by atoms with Crippen LogP contribution in [0.4, 0.5) is 0 Å². The van der Waals surface area contributed by atoms with Gasteiger partial charge in [-0.1, -0.05) is 110 Å². The summed E-state index contributed by atoms with van der Waals surface area (Å²) in [6, 6.07) is 0. The van der Waals surface area contributed by atoms with Crippen LogP contribution in [0.5, 0.6) is 0 Å². The van der Waals surface area contributed by atoms with Gasteiger partial charge in [0.25, 0.3) is 0 Å². The Labute approximate surface area is 139 Å². The molecule has 0 unspecified atom stereocenters. The number of carbonyl (C=O) groups excluding carboxylic acids is 1. The summed E-state index contributed by atoms with van der Waals surface area (Å²) in [7, 11) is 0. The minimum atomic E-state index is -0.402. The van der Waals surface area contributed by atoms with Gasteiger partial charge in [-0.3, -0.25) is 10.5 Å². The second kappa shape index (κ2) is 18.5. The lowest BCUT2D eigenvalue weighted by atomic mass is 10.0. The minimum Gasteiger partial charge on any atom is -0.273 e. The molecule has 2 heteroatoms. The van der Waals surface area contributed by atoms with Crippen LogP contribution < -0.4 is 5.73 Å².